The molecule has 24 heavy (non-hydrogen) atoms. The van der Waals surface area contributed by atoms with E-state index in [1.807, 2.05) is 31.2 Å². The largest absolute Gasteiger partial charge is 0.441 e. The Hall–Kier alpha value is -1.08. The van der Waals surface area contributed by atoms with Crippen LogP contribution in [-0.4, -0.2) is 24.0 Å². The molecule has 2 aromatic rings. The molecule has 1 unspecified atom stereocenters. The molecule has 2 rings (SSSR count). The highest BCUT2D eigenvalue weighted by atomic mass is 79.9. The number of amides is 1. The van der Waals surface area contributed by atoms with Crippen molar-refractivity contribution in [2.45, 2.75) is 19.8 Å². The third-order valence-electron chi connectivity index (χ3n) is 3.31. The lowest BCUT2D eigenvalue weighted by Crippen LogP contribution is -2.31. The van der Waals surface area contributed by atoms with Gasteiger partial charge in [-0.3, -0.25) is 4.79 Å². The van der Waals surface area contributed by atoms with Gasteiger partial charge >= 0.3 is 0 Å². The van der Waals surface area contributed by atoms with Crippen molar-refractivity contribution >= 4 is 46.7 Å². The summed E-state index contributed by atoms with van der Waals surface area (Å²) in [6.07, 6.45) is 2.52. The van der Waals surface area contributed by atoms with Crippen LogP contribution in [0.25, 0.3) is 11.3 Å². The van der Waals surface area contributed by atoms with Gasteiger partial charge in [0.2, 0.25) is 5.91 Å². The molecule has 3 N–H and O–H groups in total. The summed E-state index contributed by atoms with van der Waals surface area (Å²) in [5.74, 6) is 1.53. The number of aryl methyl sites for hydroxylation is 1. The van der Waals surface area contributed by atoms with Crippen LogP contribution >= 0.6 is 40.7 Å². The molecule has 5 nitrogen and oxygen atoms in total. The first-order chi connectivity index (χ1) is 10.6. The van der Waals surface area contributed by atoms with E-state index in [4.69, 9.17) is 10.2 Å². The summed E-state index contributed by atoms with van der Waals surface area (Å²) in [7, 11) is 0. The first-order valence-corrected chi connectivity index (χ1v) is 8.05. The van der Waals surface area contributed by atoms with E-state index in [9.17, 15) is 4.79 Å². The summed E-state index contributed by atoms with van der Waals surface area (Å²) in [5, 5.41) is 2.86. The van der Waals surface area contributed by atoms with Gasteiger partial charge in [-0.2, -0.15) is 0 Å². The van der Waals surface area contributed by atoms with Gasteiger partial charge in [-0.15, -0.1) is 24.8 Å². The average Bonchev–Trinajstić information content (AvgIpc) is 2.99. The molecule has 1 atom stereocenters. The van der Waals surface area contributed by atoms with E-state index in [1.54, 1.807) is 6.20 Å². The molecule has 0 saturated carbocycles. The van der Waals surface area contributed by atoms with Crippen molar-refractivity contribution in [3.8, 4) is 11.3 Å². The third kappa shape index (κ3) is 6.81. The molecule has 0 saturated heterocycles. The summed E-state index contributed by atoms with van der Waals surface area (Å²) >= 11 is 3.48. The van der Waals surface area contributed by atoms with Crippen LogP contribution < -0.4 is 11.1 Å². The van der Waals surface area contributed by atoms with Gasteiger partial charge in [0, 0.05) is 29.4 Å². The van der Waals surface area contributed by atoms with Crippen molar-refractivity contribution in [2.75, 3.05) is 13.1 Å². The lowest BCUT2D eigenvalue weighted by Gasteiger charge is -2.09. The van der Waals surface area contributed by atoms with Gasteiger partial charge in [0.05, 0.1) is 6.20 Å². The number of carbonyl (C=O) groups excluding carboxylic acids is 1. The molecule has 1 aromatic carbocycles. The van der Waals surface area contributed by atoms with Crippen LogP contribution in [0.15, 0.2) is 39.4 Å². The molecule has 0 aliphatic carbocycles. The zero-order valence-corrected chi connectivity index (χ0v) is 16.5. The summed E-state index contributed by atoms with van der Waals surface area (Å²) in [6.45, 7) is 3.16. The Kier molecular flexibility index (Phi) is 11.0. The van der Waals surface area contributed by atoms with Crippen molar-refractivity contribution < 1.29 is 9.21 Å². The van der Waals surface area contributed by atoms with Crippen molar-refractivity contribution in [2.24, 2.45) is 11.7 Å². The maximum atomic E-state index is 11.7. The number of carbonyl (C=O) groups is 1. The Morgan fingerprint density at radius 3 is 2.75 bits per heavy atom. The minimum absolute atomic E-state index is 0. The van der Waals surface area contributed by atoms with Gasteiger partial charge in [-0.05, 0) is 18.5 Å². The van der Waals surface area contributed by atoms with E-state index in [2.05, 4.69) is 26.2 Å². The highest BCUT2D eigenvalue weighted by Gasteiger charge is 2.11. The number of nitrogens with one attached hydrogen (secondary N) is 1. The highest BCUT2D eigenvalue weighted by Crippen LogP contribution is 2.28. The molecule has 1 aromatic heterocycles. The Labute approximate surface area is 162 Å². The Balaban J connectivity index is 0.00000264. The second-order valence-electron chi connectivity index (χ2n) is 5.24. The fourth-order valence-corrected chi connectivity index (χ4v) is 2.37. The molecule has 134 valence electrons. The molecule has 0 radical (unpaired) electrons. The van der Waals surface area contributed by atoms with Crippen molar-refractivity contribution in [3.63, 3.8) is 0 Å². The van der Waals surface area contributed by atoms with Gasteiger partial charge in [0.1, 0.15) is 0 Å². The SMILES string of the molecule is CC(CN)CNC(=O)CCc1ncc(-c2ccccc2Br)o1.Cl.Cl. The van der Waals surface area contributed by atoms with E-state index in [0.29, 0.717) is 37.6 Å². The number of aromatic nitrogens is 1. The first-order valence-electron chi connectivity index (χ1n) is 7.26. The zero-order chi connectivity index (χ0) is 15.9. The number of benzene rings is 1. The fourth-order valence-electron chi connectivity index (χ4n) is 1.89. The van der Waals surface area contributed by atoms with E-state index in [1.165, 1.54) is 0 Å². The molecule has 0 spiro atoms. The number of nitrogens with two attached hydrogens (primary N) is 1. The summed E-state index contributed by atoms with van der Waals surface area (Å²) in [4.78, 5) is 16.0. The molecule has 0 bridgehead atoms. The van der Waals surface area contributed by atoms with Crippen molar-refractivity contribution in [1.29, 1.82) is 0 Å². The predicted octanol–water partition coefficient (Wildman–Crippen LogP) is 3.59. The Bertz CT molecular complexity index is 637. The lowest BCUT2D eigenvalue weighted by molar-refractivity contribution is -0.121. The zero-order valence-electron chi connectivity index (χ0n) is 13.3. The molecule has 0 aliphatic rings. The van der Waals surface area contributed by atoms with Gasteiger partial charge < -0.3 is 15.5 Å². The minimum Gasteiger partial charge on any atom is -0.441 e. The monoisotopic (exact) mass is 437 g/mol. The molecule has 0 aliphatic heterocycles. The molecular formula is C16H22BrCl2N3O2. The molecule has 0 fully saturated rings. The van der Waals surface area contributed by atoms with Crippen LogP contribution in [0, 0.1) is 5.92 Å². The maximum Gasteiger partial charge on any atom is 0.220 e. The van der Waals surface area contributed by atoms with Crippen LogP contribution in [0.1, 0.15) is 19.2 Å². The third-order valence-corrected chi connectivity index (χ3v) is 4.00. The molecule has 1 heterocycles. The van der Waals surface area contributed by atoms with Gasteiger partial charge in [0.15, 0.2) is 11.7 Å². The van der Waals surface area contributed by atoms with Gasteiger partial charge in [0.25, 0.3) is 0 Å². The Morgan fingerprint density at radius 2 is 2.08 bits per heavy atom. The quantitative estimate of drug-likeness (QED) is 0.691. The Morgan fingerprint density at radius 1 is 1.38 bits per heavy atom. The van der Waals surface area contributed by atoms with E-state index in [-0.39, 0.29) is 36.6 Å². The highest BCUT2D eigenvalue weighted by molar-refractivity contribution is 9.10. The number of halogens is 3. The van der Waals surface area contributed by atoms with Crippen LogP contribution in [0.5, 0.6) is 0 Å². The lowest BCUT2D eigenvalue weighted by atomic mass is 10.2. The van der Waals surface area contributed by atoms with E-state index in [0.717, 1.165) is 10.0 Å². The second kappa shape index (κ2) is 11.5. The number of hydrogen-bond donors (Lipinski definition) is 2. The summed E-state index contributed by atoms with van der Waals surface area (Å²) in [5.41, 5.74) is 6.46. The maximum absolute atomic E-state index is 11.7. The minimum atomic E-state index is -0.0130. The standard InChI is InChI=1S/C16H20BrN3O2.2ClH/c1-11(8-18)9-19-15(21)6-7-16-20-10-14(22-16)12-4-2-3-5-13(12)17;;/h2-5,10-11H,6-9,18H2,1H3,(H,19,21);2*1H. The fraction of sp³-hybridized carbons (Fsp3) is 0.375. The van der Waals surface area contributed by atoms with Crippen LogP contribution in [0.2, 0.25) is 0 Å². The number of oxazole rings is 1. The number of rotatable bonds is 7. The smallest absolute Gasteiger partial charge is 0.220 e. The molecular weight excluding hydrogens is 417 g/mol. The number of hydrogen-bond acceptors (Lipinski definition) is 4. The normalized spacial score (nSPS) is 11.1. The van der Waals surface area contributed by atoms with E-state index >= 15 is 0 Å². The molecule has 1 amide bonds. The first kappa shape index (κ1) is 22.9. The topological polar surface area (TPSA) is 81.1 Å². The predicted molar refractivity (Wildman–Crippen MR) is 104 cm³/mol. The summed E-state index contributed by atoms with van der Waals surface area (Å²) in [6, 6.07) is 7.78. The van der Waals surface area contributed by atoms with Crippen LogP contribution in [0.3, 0.4) is 0 Å². The van der Waals surface area contributed by atoms with Crippen molar-refractivity contribution in [1.82, 2.24) is 10.3 Å². The van der Waals surface area contributed by atoms with E-state index < -0.39 is 0 Å². The van der Waals surface area contributed by atoms with Crippen LogP contribution in [0.4, 0.5) is 0 Å². The molecule has 8 heteroatoms. The van der Waals surface area contributed by atoms with Crippen molar-refractivity contribution in [3.05, 3.63) is 40.8 Å². The second-order valence-corrected chi connectivity index (χ2v) is 6.10. The van der Waals surface area contributed by atoms with Gasteiger partial charge in [-0.25, -0.2) is 4.98 Å². The summed E-state index contributed by atoms with van der Waals surface area (Å²) < 4.78 is 6.66. The van der Waals surface area contributed by atoms with Crippen LogP contribution in [-0.2, 0) is 11.2 Å². The average molecular weight is 439 g/mol. The number of nitrogens with zero attached hydrogens (tertiary/aromatic N) is 1. The van der Waals surface area contributed by atoms with Gasteiger partial charge in [-0.1, -0.05) is 41.1 Å².